The maximum absolute atomic E-state index is 5.47. The van der Waals surface area contributed by atoms with Gasteiger partial charge in [-0.05, 0) is 35.4 Å². The standard InChI is InChI=1S/2C9H13NO2/c2*1-11-8-4-3-7(6-10)5-9(8)12-2/h2*3-5H,6,10H2,1-2H3. The molecule has 0 unspecified atom stereocenters. The molecule has 24 heavy (non-hydrogen) atoms. The normalized spacial score (nSPS) is 9.58. The molecular formula is C18H26N2O4. The maximum atomic E-state index is 5.47. The van der Waals surface area contributed by atoms with Gasteiger partial charge in [-0.3, -0.25) is 0 Å². The fourth-order valence-electron chi connectivity index (χ4n) is 2.02. The summed E-state index contributed by atoms with van der Waals surface area (Å²) in [6.07, 6.45) is 0. The maximum Gasteiger partial charge on any atom is 0.161 e. The third kappa shape index (κ3) is 5.33. The number of benzene rings is 2. The minimum absolute atomic E-state index is 0.514. The number of ether oxygens (including phenoxy) is 4. The van der Waals surface area contributed by atoms with Gasteiger partial charge in [0, 0.05) is 13.1 Å². The van der Waals surface area contributed by atoms with Gasteiger partial charge in [0.25, 0.3) is 0 Å². The van der Waals surface area contributed by atoms with Crippen molar-refractivity contribution in [2.45, 2.75) is 13.1 Å². The third-order valence-electron chi connectivity index (χ3n) is 3.37. The van der Waals surface area contributed by atoms with Crippen LogP contribution >= 0.6 is 0 Å². The van der Waals surface area contributed by atoms with Crippen molar-refractivity contribution in [3.63, 3.8) is 0 Å². The molecule has 0 saturated heterocycles. The van der Waals surface area contributed by atoms with Crippen molar-refractivity contribution in [2.24, 2.45) is 11.5 Å². The summed E-state index contributed by atoms with van der Waals surface area (Å²) in [5, 5.41) is 0. The van der Waals surface area contributed by atoms with Gasteiger partial charge in [-0.1, -0.05) is 12.1 Å². The molecule has 0 bridgehead atoms. The highest BCUT2D eigenvalue weighted by Gasteiger charge is 2.03. The average molecular weight is 334 g/mol. The largest absolute Gasteiger partial charge is 0.493 e. The number of hydrogen-bond donors (Lipinski definition) is 2. The third-order valence-corrected chi connectivity index (χ3v) is 3.37. The molecule has 0 radical (unpaired) electrons. The molecular weight excluding hydrogens is 308 g/mol. The number of hydrogen-bond acceptors (Lipinski definition) is 6. The highest BCUT2D eigenvalue weighted by atomic mass is 16.5. The summed E-state index contributed by atoms with van der Waals surface area (Å²) in [4.78, 5) is 0. The van der Waals surface area contributed by atoms with E-state index in [0.29, 0.717) is 13.1 Å². The molecule has 0 aliphatic carbocycles. The summed E-state index contributed by atoms with van der Waals surface area (Å²) in [6, 6.07) is 11.3. The van der Waals surface area contributed by atoms with E-state index < -0.39 is 0 Å². The summed E-state index contributed by atoms with van der Waals surface area (Å²) >= 11 is 0. The SMILES string of the molecule is COc1ccc(CN)cc1OC.COc1ccc(CN)cc1OC. The van der Waals surface area contributed by atoms with Crippen LogP contribution in [0.1, 0.15) is 11.1 Å². The van der Waals surface area contributed by atoms with E-state index in [1.807, 2.05) is 36.4 Å². The highest BCUT2D eigenvalue weighted by Crippen LogP contribution is 2.27. The topological polar surface area (TPSA) is 89.0 Å². The molecule has 0 spiro atoms. The molecule has 2 rings (SSSR count). The molecule has 2 aromatic rings. The van der Waals surface area contributed by atoms with Crippen molar-refractivity contribution in [1.82, 2.24) is 0 Å². The summed E-state index contributed by atoms with van der Waals surface area (Å²) in [6.45, 7) is 1.03. The molecule has 0 aliphatic heterocycles. The van der Waals surface area contributed by atoms with E-state index in [1.165, 1.54) is 0 Å². The quantitative estimate of drug-likeness (QED) is 0.843. The molecule has 0 heterocycles. The summed E-state index contributed by atoms with van der Waals surface area (Å²) in [5.41, 5.74) is 13.0. The number of nitrogens with two attached hydrogens (primary N) is 2. The van der Waals surface area contributed by atoms with Crippen molar-refractivity contribution < 1.29 is 18.9 Å². The molecule has 0 saturated carbocycles. The summed E-state index contributed by atoms with van der Waals surface area (Å²) in [7, 11) is 6.44. The lowest BCUT2D eigenvalue weighted by Crippen LogP contribution is -1.97. The van der Waals surface area contributed by atoms with Crippen molar-refractivity contribution in [2.75, 3.05) is 28.4 Å². The van der Waals surface area contributed by atoms with Gasteiger partial charge in [0.2, 0.25) is 0 Å². The van der Waals surface area contributed by atoms with Gasteiger partial charge in [0.15, 0.2) is 23.0 Å². The lowest BCUT2D eigenvalue weighted by Gasteiger charge is -2.07. The van der Waals surface area contributed by atoms with Crippen molar-refractivity contribution >= 4 is 0 Å². The first-order chi connectivity index (χ1) is 11.6. The Balaban J connectivity index is 0.000000240. The fraction of sp³-hybridized carbons (Fsp3) is 0.333. The Morgan fingerprint density at radius 1 is 0.583 bits per heavy atom. The van der Waals surface area contributed by atoms with Crippen LogP contribution in [0.2, 0.25) is 0 Å². The molecule has 0 aromatic heterocycles. The Morgan fingerprint density at radius 3 is 1.17 bits per heavy atom. The van der Waals surface area contributed by atoms with E-state index in [1.54, 1.807) is 28.4 Å². The van der Waals surface area contributed by atoms with Crippen LogP contribution in [0, 0.1) is 0 Å². The zero-order chi connectivity index (χ0) is 17.9. The van der Waals surface area contributed by atoms with Gasteiger partial charge < -0.3 is 30.4 Å². The predicted octanol–water partition coefficient (Wildman–Crippen LogP) is 2.33. The van der Waals surface area contributed by atoms with Gasteiger partial charge >= 0.3 is 0 Å². The second kappa shape index (κ2) is 10.4. The zero-order valence-electron chi connectivity index (χ0n) is 14.7. The molecule has 132 valence electrons. The Morgan fingerprint density at radius 2 is 0.917 bits per heavy atom. The van der Waals surface area contributed by atoms with Gasteiger partial charge in [-0.15, -0.1) is 0 Å². The minimum Gasteiger partial charge on any atom is -0.493 e. The zero-order valence-corrected chi connectivity index (χ0v) is 14.7. The summed E-state index contributed by atoms with van der Waals surface area (Å²) < 4.78 is 20.3. The molecule has 0 atom stereocenters. The van der Waals surface area contributed by atoms with Crippen LogP contribution in [0.15, 0.2) is 36.4 Å². The lowest BCUT2D eigenvalue weighted by atomic mass is 10.2. The molecule has 0 fully saturated rings. The summed E-state index contributed by atoms with van der Waals surface area (Å²) in [5.74, 6) is 2.91. The number of methoxy groups -OCH3 is 4. The Hall–Kier alpha value is -2.44. The average Bonchev–Trinajstić information content (AvgIpc) is 2.67. The monoisotopic (exact) mass is 334 g/mol. The van der Waals surface area contributed by atoms with E-state index in [0.717, 1.165) is 34.1 Å². The second-order valence-corrected chi connectivity index (χ2v) is 4.79. The van der Waals surface area contributed by atoms with Crippen LogP contribution in [0.25, 0.3) is 0 Å². The lowest BCUT2D eigenvalue weighted by molar-refractivity contribution is 0.354. The fourth-order valence-corrected chi connectivity index (χ4v) is 2.02. The van der Waals surface area contributed by atoms with Crippen LogP contribution < -0.4 is 30.4 Å². The van der Waals surface area contributed by atoms with E-state index >= 15 is 0 Å². The second-order valence-electron chi connectivity index (χ2n) is 4.79. The van der Waals surface area contributed by atoms with Crippen molar-refractivity contribution in [3.05, 3.63) is 47.5 Å². The number of rotatable bonds is 6. The Bertz CT molecular complexity index is 577. The van der Waals surface area contributed by atoms with Gasteiger partial charge in [0.05, 0.1) is 28.4 Å². The minimum atomic E-state index is 0.514. The Labute approximate surface area is 143 Å². The molecule has 6 nitrogen and oxygen atoms in total. The van der Waals surface area contributed by atoms with E-state index in [4.69, 9.17) is 30.4 Å². The predicted molar refractivity (Wildman–Crippen MR) is 94.9 cm³/mol. The highest BCUT2D eigenvalue weighted by molar-refractivity contribution is 5.43. The molecule has 6 heteroatoms. The van der Waals surface area contributed by atoms with Crippen molar-refractivity contribution in [3.8, 4) is 23.0 Å². The Kier molecular flexibility index (Phi) is 8.46. The van der Waals surface area contributed by atoms with Crippen molar-refractivity contribution in [1.29, 1.82) is 0 Å². The molecule has 2 aromatic carbocycles. The van der Waals surface area contributed by atoms with Gasteiger partial charge in [-0.2, -0.15) is 0 Å². The molecule has 0 aliphatic rings. The van der Waals surface area contributed by atoms with Gasteiger partial charge in [0.1, 0.15) is 0 Å². The molecule has 0 amide bonds. The van der Waals surface area contributed by atoms with E-state index in [2.05, 4.69) is 0 Å². The van der Waals surface area contributed by atoms with Crippen LogP contribution in [0.5, 0.6) is 23.0 Å². The van der Waals surface area contributed by atoms with Crippen LogP contribution in [0.4, 0.5) is 0 Å². The molecule has 4 N–H and O–H groups in total. The smallest absolute Gasteiger partial charge is 0.161 e. The van der Waals surface area contributed by atoms with E-state index in [-0.39, 0.29) is 0 Å². The van der Waals surface area contributed by atoms with Crippen LogP contribution in [-0.2, 0) is 13.1 Å². The van der Waals surface area contributed by atoms with E-state index in [9.17, 15) is 0 Å². The first-order valence-corrected chi connectivity index (χ1v) is 7.45. The van der Waals surface area contributed by atoms with Gasteiger partial charge in [-0.25, -0.2) is 0 Å². The van der Waals surface area contributed by atoms with Crippen LogP contribution in [-0.4, -0.2) is 28.4 Å². The first kappa shape index (κ1) is 19.6. The van der Waals surface area contributed by atoms with Crippen LogP contribution in [0.3, 0.4) is 0 Å². The first-order valence-electron chi connectivity index (χ1n) is 7.45.